The monoisotopic (exact) mass is 285 g/mol. The average Bonchev–Trinajstić information content (AvgIpc) is 2.45. The second-order valence-corrected chi connectivity index (χ2v) is 5.43. The molecule has 0 heterocycles. The maximum absolute atomic E-state index is 10.0. The molecule has 2 aromatic rings. The molecule has 3 heteroatoms. The number of anilines is 1. The van der Waals surface area contributed by atoms with E-state index in [-0.39, 0.29) is 6.61 Å². The molecule has 112 valence electrons. The van der Waals surface area contributed by atoms with Crippen molar-refractivity contribution in [2.24, 2.45) is 0 Å². The van der Waals surface area contributed by atoms with Crippen molar-refractivity contribution in [3.8, 4) is 5.75 Å². The minimum Gasteiger partial charge on any atom is -0.491 e. The predicted molar refractivity (Wildman–Crippen MR) is 87.1 cm³/mol. The van der Waals surface area contributed by atoms with Crippen LogP contribution < -0.4 is 10.1 Å². The number of aliphatic hydroxyl groups excluding tert-OH is 1. The maximum atomic E-state index is 10.0. The number of rotatable bonds is 6. The van der Waals surface area contributed by atoms with Gasteiger partial charge in [-0.1, -0.05) is 35.9 Å². The Morgan fingerprint density at radius 1 is 1.05 bits per heavy atom. The molecule has 0 spiro atoms. The van der Waals surface area contributed by atoms with Gasteiger partial charge in [-0.25, -0.2) is 0 Å². The van der Waals surface area contributed by atoms with Crippen molar-refractivity contribution >= 4 is 5.69 Å². The molecule has 21 heavy (non-hydrogen) atoms. The molecule has 0 saturated carbocycles. The third-order valence-corrected chi connectivity index (χ3v) is 3.43. The lowest BCUT2D eigenvalue weighted by Crippen LogP contribution is -2.26. The number of benzene rings is 2. The van der Waals surface area contributed by atoms with Crippen LogP contribution in [0.5, 0.6) is 5.75 Å². The first kappa shape index (κ1) is 15.4. The van der Waals surface area contributed by atoms with Crippen LogP contribution in [-0.2, 0) is 0 Å². The molecule has 0 amide bonds. The third kappa shape index (κ3) is 4.50. The normalized spacial score (nSPS) is 12.0. The minimum absolute atomic E-state index is 0.281. The van der Waals surface area contributed by atoms with E-state index in [0.29, 0.717) is 6.54 Å². The summed E-state index contributed by atoms with van der Waals surface area (Å²) < 4.78 is 5.68. The summed E-state index contributed by atoms with van der Waals surface area (Å²) in [6.45, 7) is 6.86. The summed E-state index contributed by atoms with van der Waals surface area (Å²) in [5.41, 5.74) is 4.51. The van der Waals surface area contributed by atoms with Crippen LogP contribution in [0.15, 0.2) is 42.5 Å². The molecule has 0 aliphatic heterocycles. The van der Waals surface area contributed by atoms with Gasteiger partial charge in [-0.05, 0) is 44.0 Å². The predicted octanol–water partition coefficient (Wildman–Crippen LogP) is 3.46. The van der Waals surface area contributed by atoms with Crippen LogP contribution in [0.2, 0.25) is 0 Å². The fourth-order valence-electron chi connectivity index (χ4n) is 2.21. The standard InChI is InChI=1S/C18H23NO2/c1-13-8-9-18(15(3)10-13)21-12-16(20)11-19-17-7-5-4-6-14(17)2/h4-10,16,19-20H,11-12H2,1-3H3. The van der Waals surface area contributed by atoms with Crippen molar-refractivity contribution < 1.29 is 9.84 Å². The smallest absolute Gasteiger partial charge is 0.122 e. The summed E-state index contributed by atoms with van der Waals surface area (Å²) in [6, 6.07) is 14.1. The van der Waals surface area contributed by atoms with Crippen molar-refractivity contribution in [3.63, 3.8) is 0 Å². The molecule has 0 saturated heterocycles. The number of aryl methyl sites for hydroxylation is 3. The molecule has 2 rings (SSSR count). The highest BCUT2D eigenvalue weighted by Gasteiger charge is 2.07. The van der Waals surface area contributed by atoms with E-state index in [9.17, 15) is 5.11 Å². The molecular weight excluding hydrogens is 262 g/mol. The van der Waals surface area contributed by atoms with Crippen LogP contribution in [0.25, 0.3) is 0 Å². The fraction of sp³-hybridized carbons (Fsp3) is 0.333. The number of hydrogen-bond acceptors (Lipinski definition) is 3. The molecule has 1 atom stereocenters. The number of hydrogen-bond donors (Lipinski definition) is 2. The van der Waals surface area contributed by atoms with Crippen molar-refractivity contribution in [1.29, 1.82) is 0 Å². The van der Waals surface area contributed by atoms with Crippen molar-refractivity contribution in [1.82, 2.24) is 0 Å². The Bertz CT molecular complexity index is 596. The highest BCUT2D eigenvalue weighted by atomic mass is 16.5. The Morgan fingerprint density at radius 3 is 2.52 bits per heavy atom. The van der Waals surface area contributed by atoms with Crippen LogP contribution in [0.1, 0.15) is 16.7 Å². The maximum Gasteiger partial charge on any atom is 0.122 e. The first-order valence-electron chi connectivity index (χ1n) is 7.24. The second-order valence-electron chi connectivity index (χ2n) is 5.43. The van der Waals surface area contributed by atoms with Gasteiger partial charge in [0, 0.05) is 12.2 Å². The molecule has 0 radical (unpaired) electrons. The van der Waals surface area contributed by atoms with Gasteiger partial charge in [-0.2, -0.15) is 0 Å². The van der Waals surface area contributed by atoms with E-state index in [2.05, 4.69) is 18.3 Å². The van der Waals surface area contributed by atoms with E-state index < -0.39 is 6.10 Å². The summed E-state index contributed by atoms with van der Waals surface area (Å²) in [4.78, 5) is 0. The molecule has 2 aromatic carbocycles. The lowest BCUT2D eigenvalue weighted by molar-refractivity contribution is 0.117. The Balaban J connectivity index is 1.82. The van der Waals surface area contributed by atoms with Gasteiger partial charge < -0.3 is 15.2 Å². The van der Waals surface area contributed by atoms with Gasteiger partial charge in [-0.15, -0.1) is 0 Å². The van der Waals surface area contributed by atoms with E-state index in [4.69, 9.17) is 4.74 Å². The van der Waals surface area contributed by atoms with Gasteiger partial charge in [0.2, 0.25) is 0 Å². The van der Waals surface area contributed by atoms with Crippen LogP contribution in [-0.4, -0.2) is 24.4 Å². The molecule has 0 aliphatic carbocycles. The highest BCUT2D eigenvalue weighted by molar-refractivity contribution is 5.50. The second kappa shape index (κ2) is 7.14. The Morgan fingerprint density at radius 2 is 1.81 bits per heavy atom. The van der Waals surface area contributed by atoms with Crippen molar-refractivity contribution in [2.75, 3.05) is 18.5 Å². The highest BCUT2D eigenvalue weighted by Crippen LogP contribution is 2.19. The van der Waals surface area contributed by atoms with E-state index in [0.717, 1.165) is 17.0 Å². The molecule has 1 unspecified atom stereocenters. The summed E-state index contributed by atoms with van der Waals surface area (Å²) in [5.74, 6) is 0.829. The number of nitrogens with one attached hydrogen (secondary N) is 1. The molecule has 2 N–H and O–H groups in total. The van der Waals surface area contributed by atoms with E-state index >= 15 is 0 Å². The molecule has 0 fully saturated rings. The van der Waals surface area contributed by atoms with Gasteiger partial charge in [0.15, 0.2) is 0 Å². The Hall–Kier alpha value is -2.00. The molecule has 0 aliphatic rings. The summed E-state index contributed by atoms with van der Waals surface area (Å²) in [7, 11) is 0. The van der Waals surface area contributed by atoms with Gasteiger partial charge in [0.25, 0.3) is 0 Å². The zero-order valence-corrected chi connectivity index (χ0v) is 12.9. The van der Waals surface area contributed by atoms with Crippen LogP contribution in [0, 0.1) is 20.8 Å². The molecule has 3 nitrogen and oxygen atoms in total. The van der Waals surface area contributed by atoms with Gasteiger partial charge in [0.05, 0.1) is 0 Å². The average molecular weight is 285 g/mol. The van der Waals surface area contributed by atoms with E-state index in [1.54, 1.807) is 0 Å². The third-order valence-electron chi connectivity index (χ3n) is 3.43. The first-order valence-corrected chi connectivity index (χ1v) is 7.24. The topological polar surface area (TPSA) is 41.5 Å². The van der Waals surface area contributed by atoms with Crippen LogP contribution >= 0.6 is 0 Å². The van der Waals surface area contributed by atoms with Crippen molar-refractivity contribution in [3.05, 3.63) is 59.2 Å². The lowest BCUT2D eigenvalue weighted by Gasteiger charge is -2.16. The first-order chi connectivity index (χ1) is 10.1. The van der Waals surface area contributed by atoms with E-state index in [1.807, 2.05) is 50.2 Å². The van der Waals surface area contributed by atoms with Gasteiger partial charge in [0.1, 0.15) is 18.5 Å². The zero-order chi connectivity index (χ0) is 15.2. The largest absolute Gasteiger partial charge is 0.491 e. The quantitative estimate of drug-likeness (QED) is 0.854. The van der Waals surface area contributed by atoms with E-state index in [1.165, 1.54) is 11.1 Å². The molecular formula is C18H23NO2. The summed E-state index contributed by atoms with van der Waals surface area (Å²) in [5, 5.41) is 13.3. The van der Waals surface area contributed by atoms with Gasteiger partial charge in [-0.3, -0.25) is 0 Å². The number of para-hydroxylation sites is 1. The molecule has 0 aromatic heterocycles. The lowest BCUT2D eigenvalue weighted by atomic mass is 10.1. The Labute approximate surface area is 126 Å². The van der Waals surface area contributed by atoms with Crippen LogP contribution in [0.4, 0.5) is 5.69 Å². The van der Waals surface area contributed by atoms with Crippen molar-refractivity contribution in [2.45, 2.75) is 26.9 Å². The SMILES string of the molecule is Cc1ccc(OCC(O)CNc2ccccc2C)c(C)c1. The fourth-order valence-corrected chi connectivity index (χ4v) is 2.21. The Kier molecular flexibility index (Phi) is 5.23. The number of aliphatic hydroxyl groups is 1. The minimum atomic E-state index is -0.551. The summed E-state index contributed by atoms with van der Waals surface area (Å²) in [6.07, 6.45) is -0.551. The van der Waals surface area contributed by atoms with Gasteiger partial charge >= 0.3 is 0 Å². The number of ether oxygens (including phenoxy) is 1. The zero-order valence-electron chi connectivity index (χ0n) is 12.9. The summed E-state index contributed by atoms with van der Waals surface area (Å²) >= 11 is 0. The molecule has 0 bridgehead atoms. The van der Waals surface area contributed by atoms with Crippen LogP contribution in [0.3, 0.4) is 0 Å².